The lowest BCUT2D eigenvalue weighted by atomic mass is 10.1. The molecule has 1 aliphatic heterocycles. The van der Waals surface area contributed by atoms with Crippen molar-refractivity contribution in [1.82, 2.24) is 25.4 Å². The first-order chi connectivity index (χ1) is 12.1. The van der Waals surface area contributed by atoms with Gasteiger partial charge in [0, 0.05) is 24.5 Å². The molecule has 0 fully saturated rings. The summed E-state index contributed by atoms with van der Waals surface area (Å²) < 4.78 is 7.81. The molecule has 1 aromatic carbocycles. The number of aryl methyl sites for hydroxylation is 1. The molecule has 142 valence electrons. The van der Waals surface area contributed by atoms with Crippen molar-refractivity contribution in [3.63, 3.8) is 0 Å². The van der Waals surface area contributed by atoms with Crippen molar-refractivity contribution in [1.29, 1.82) is 0 Å². The highest BCUT2D eigenvalue weighted by molar-refractivity contribution is 14.0. The second-order valence-electron chi connectivity index (χ2n) is 6.08. The number of nitrogens with one attached hydrogen (secondary N) is 2. The Morgan fingerprint density at radius 2 is 2.35 bits per heavy atom. The van der Waals surface area contributed by atoms with Crippen LogP contribution in [0.5, 0.6) is 5.75 Å². The first kappa shape index (κ1) is 20.8. The average Bonchev–Trinajstić information content (AvgIpc) is 3.06. The molecule has 26 heavy (non-hydrogen) atoms. The summed E-state index contributed by atoms with van der Waals surface area (Å²) in [6.07, 6.45) is 3.52. The predicted octanol–water partition coefficient (Wildman–Crippen LogP) is 2.50. The van der Waals surface area contributed by atoms with Crippen LogP contribution in [0.15, 0.2) is 35.6 Å². The van der Waals surface area contributed by atoms with Crippen molar-refractivity contribution < 1.29 is 4.74 Å². The summed E-state index contributed by atoms with van der Waals surface area (Å²) in [5.74, 6) is 2.57. The number of benzene rings is 1. The molecule has 0 spiro atoms. The van der Waals surface area contributed by atoms with Gasteiger partial charge < -0.3 is 15.4 Å². The van der Waals surface area contributed by atoms with Gasteiger partial charge in [-0.3, -0.25) is 4.99 Å². The van der Waals surface area contributed by atoms with Gasteiger partial charge in [-0.05, 0) is 31.5 Å². The van der Waals surface area contributed by atoms with E-state index in [2.05, 4.69) is 25.7 Å². The van der Waals surface area contributed by atoms with Gasteiger partial charge in [0.1, 0.15) is 24.0 Å². The topological polar surface area (TPSA) is 76.4 Å². The van der Waals surface area contributed by atoms with E-state index in [-0.39, 0.29) is 36.1 Å². The van der Waals surface area contributed by atoms with Crippen LogP contribution in [0.3, 0.4) is 0 Å². The first-order valence-electron chi connectivity index (χ1n) is 8.40. The number of halogens is 2. The van der Waals surface area contributed by atoms with Crippen LogP contribution in [0.1, 0.15) is 19.2 Å². The van der Waals surface area contributed by atoms with Crippen molar-refractivity contribution in [2.45, 2.75) is 38.5 Å². The SMILES string of the molecule is CN=C(NCC(C)Oc1cccc(Cl)c1)NC1CCc2ncnn2C1.I. The molecule has 0 amide bonds. The summed E-state index contributed by atoms with van der Waals surface area (Å²) in [6.45, 7) is 3.43. The molecule has 2 unspecified atom stereocenters. The minimum Gasteiger partial charge on any atom is -0.489 e. The van der Waals surface area contributed by atoms with E-state index >= 15 is 0 Å². The average molecular weight is 491 g/mol. The predicted molar refractivity (Wildman–Crippen MR) is 114 cm³/mol. The Kier molecular flexibility index (Phi) is 7.95. The third-order valence-electron chi connectivity index (χ3n) is 4.06. The van der Waals surface area contributed by atoms with E-state index in [9.17, 15) is 0 Å². The molecule has 9 heteroatoms. The monoisotopic (exact) mass is 490 g/mol. The summed E-state index contributed by atoms with van der Waals surface area (Å²) in [5, 5.41) is 11.7. The molecule has 0 saturated heterocycles. The number of ether oxygens (including phenoxy) is 1. The van der Waals surface area contributed by atoms with E-state index in [1.54, 1.807) is 13.4 Å². The molecule has 0 bridgehead atoms. The second kappa shape index (κ2) is 9.96. The van der Waals surface area contributed by atoms with Gasteiger partial charge in [-0.1, -0.05) is 17.7 Å². The van der Waals surface area contributed by atoms with Gasteiger partial charge in [0.15, 0.2) is 5.96 Å². The summed E-state index contributed by atoms with van der Waals surface area (Å²) in [6, 6.07) is 7.69. The molecule has 0 radical (unpaired) electrons. The highest BCUT2D eigenvalue weighted by Crippen LogP contribution is 2.18. The fourth-order valence-corrected chi connectivity index (χ4v) is 2.98. The van der Waals surface area contributed by atoms with Crippen molar-refractivity contribution in [2.24, 2.45) is 4.99 Å². The fraction of sp³-hybridized carbons (Fsp3) is 0.471. The standard InChI is InChI=1S/C17H23ClN6O.HI/c1-12(25-15-5-3-4-13(18)8-15)9-20-17(19-2)23-14-6-7-16-21-11-22-24(16)10-14;/h3-5,8,11-12,14H,6-7,9-10H2,1-2H3,(H2,19,20,23);1H. The number of guanidine groups is 1. The Labute approximate surface area is 175 Å². The van der Waals surface area contributed by atoms with Crippen LogP contribution < -0.4 is 15.4 Å². The van der Waals surface area contributed by atoms with Crippen LogP contribution in [0.4, 0.5) is 0 Å². The lowest BCUT2D eigenvalue weighted by molar-refractivity contribution is 0.223. The Balaban J connectivity index is 0.00000243. The van der Waals surface area contributed by atoms with E-state index in [1.165, 1.54) is 0 Å². The fourth-order valence-electron chi connectivity index (χ4n) is 2.80. The molecular weight excluding hydrogens is 467 g/mol. The molecule has 2 heterocycles. The summed E-state index contributed by atoms with van der Waals surface area (Å²) >= 11 is 5.98. The quantitative estimate of drug-likeness (QED) is 0.383. The van der Waals surface area contributed by atoms with Gasteiger partial charge >= 0.3 is 0 Å². The molecule has 0 aliphatic carbocycles. The number of hydrogen-bond acceptors (Lipinski definition) is 4. The normalized spacial score (nSPS) is 17.7. The Morgan fingerprint density at radius 1 is 1.50 bits per heavy atom. The smallest absolute Gasteiger partial charge is 0.191 e. The van der Waals surface area contributed by atoms with Gasteiger partial charge in [-0.2, -0.15) is 5.10 Å². The van der Waals surface area contributed by atoms with E-state index in [0.29, 0.717) is 11.6 Å². The lowest BCUT2D eigenvalue weighted by Crippen LogP contribution is -2.48. The molecule has 1 aliphatic rings. The second-order valence-corrected chi connectivity index (χ2v) is 6.51. The van der Waals surface area contributed by atoms with Gasteiger partial charge in [-0.15, -0.1) is 24.0 Å². The van der Waals surface area contributed by atoms with Gasteiger partial charge in [0.2, 0.25) is 0 Å². The highest BCUT2D eigenvalue weighted by atomic mass is 127. The molecule has 2 N–H and O–H groups in total. The summed E-state index contributed by atoms with van der Waals surface area (Å²) in [5.41, 5.74) is 0. The van der Waals surface area contributed by atoms with Gasteiger partial charge in [0.25, 0.3) is 0 Å². The number of fused-ring (bicyclic) bond motifs is 1. The zero-order chi connectivity index (χ0) is 17.6. The lowest BCUT2D eigenvalue weighted by Gasteiger charge is -2.26. The molecule has 2 atom stereocenters. The van der Waals surface area contributed by atoms with Crippen molar-refractivity contribution in [3.8, 4) is 5.75 Å². The zero-order valence-electron chi connectivity index (χ0n) is 14.9. The maximum atomic E-state index is 5.98. The Morgan fingerprint density at radius 3 is 3.12 bits per heavy atom. The minimum absolute atomic E-state index is 0. The molecule has 7 nitrogen and oxygen atoms in total. The van der Waals surface area contributed by atoms with Crippen LogP contribution >= 0.6 is 35.6 Å². The van der Waals surface area contributed by atoms with Crippen LogP contribution in [0.25, 0.3) is 0 Å². The minimum atomic E-state index is -0.0229. The third-order valence-corrected chi connectivity index (χ3v) is 4.30. The van der Waals surface area contributed by atoms with Gasteiger partial charge in [0.05, 0.1) is 13.1 Å². The van der Waals surface area contributed by atoms with Crippen LogP contribution in [0.2, 0.25) is 5.02 Å². The van der Waals surface area contributed by atoms with E-state index in [4.69, 9.17) is 16.3 Å². The Hall–Kier alpha value is -1.55. The maximum absolute atomic E-state index is 5.98. The Bertz CT molecular complexity index is 738. The molecule has 3 rings (SSSR count). The zero-order valence-corrected chi connectivity index (χ0v) is 17.9. The number of hydrogen-bond donors (Lipinski definition) is 2. The number of nitrogens with zero attached hydrogens (tertiary/aromatic N) is 4. The number of rotatable bonds is 5. The molecule has 2 aromatic rings. The number of aliphatic imine (C=N–C) groups is 1. The summed E-state index contributed by atoms with van der Waals surface area (Å²) in [4.78, 5) is 8.54. The summed E-state index contributed by atoms with van der Waals surface area (Å²) in [7, 11) is 1.77. The van der Waals surface area contributed by atoms with E-state index < -0.39 is 0 Å². The molecular formula is C17H24ClIN6O. The van der Waals surface area contributed by atoms with Crippen LogP contribution in [-0.4, -0.2) is 46.5 Å². The molecule has 0 saturated carbocycles. The first-order valence-corrected chi connectivity index (χ1v) is 8.78. The molecule has 1 aromatic heterocycles. The largest absolute Gasteiger partial charge is 0.489 e. The van der Waals surface area contributed by atoms with Crippen molar-refractivity contribution in [3.05, 3.63) is 41.4 Å². The highest BCUT2D eigenvalue weighted by Gasteiger charge is 2.20. The van der Waals surface area contributed by atoms with E-state index in [1.807, 2.05) is 35.9 Å². The van der Waals surface area contributed by atoms with E-state index in [0.717, 1.165) is 36.9 Å². The number of aromatic nitrogens is 3. The van der Waals surface area contributed by atoms with Crippen molar-refractivity contribution in [2.75, 3.05) is 13.6 Å². The van der Waals surface area contributed by atoms with Crippen LogP contribution in [-0.2, 0) is 13.0 Å². The van der Waals surface area contributed by atoms with Crippen molar-refractivity contribution >= 4 is 41.5 Å². The maximum Gasteiger partial charge on any atom is 0.191 e. The van der Waals surface area contributed by atoms with Crippen LogP contribution in [0, 0.1) is 0 Å². The van der Waals surface area contributed by atoms with Gasteiger partial charge in [-0.25, -0.2) is 9.67 Å². The third kappa shape index (κ3) is 5.73.